The van der Waals surface area contributed by atoms with Gasteiger partial charge in [-0.15, -0.1) is 11.3 Å². The lowest BCUT2D eigenvalue weighted by molar-refractivity contribution is -0.127. The number of hydrogen-bond acceptors (Lipinski definition) is 5. The summed E-state index contributed by atoms with van der Waals surface area (Å²) in [7, 11) is 0. The van der Waals surface area contributed by atoms with E-state index in [1.54, 1.807) is 26.1 Å². The molecule has 1 fully saturated rings. The largest absolute Gasteiger partial charge is 0.489 e. The summed E-state index contributed by atoms with van der Waals surface area (Å²) in [6.45, 7) is 5.40. The number of carbonyl (C=O) groups is 2. The van der Waals surface area contributed by atoms with Gasteiger partial charge in [0.2, 0.25) is 5.91 Å². The summed E-state index contributed by atoms with van der Waals surface area (Å²) in [5, 5.41) is 7.75. The Morgan fingerprint density at radius 2 is 1.93 bits per heavy atom. The molecule has 7 heteroatoms. The topological polar surface area (TPSA) is 80.3 Å². The van der Waals surface area contributed by atoms with E-state index in [1.807, 2.05) is 30.5 Å². The van der Waals surface area contributed by atoms with E-state index in [9.17, 15) is 9.59 Å². The molecular weight excluding hydrogens is 374 g/mol. The molecule has 0 unspecified atom stereocenters. The van der Waals surface area contributed by atoms with Crippen LogP contribution in [0.5, 0.6) is 5.75 Å². The van der Waals surface area contributed by atoms with Gasteiger partial charge in [-0.3, -0.25) is 14.6 Å². The number of aromatic nitrogens is 1. The number of hydrogen-bond donors (Lipinski definition) is 2. The zero-order chi connectivity index (χ0) is 20.1. The maximum absolute atomic E-state index is 12.7. The Labute approximate surface area is 169 Å². The van der Waals surface area contributed by atoms with Crippen LogP contribution in [0.15, 0.2) is 35.8 Å². The third kappa shape index (κ3) is 5.10. The van der Waals surface area contributed by atoms with Crippen molar-refractivity contribution in [3.63, 3.8) is 0 Å². The van der Waals surface area contributed by atoms with E-state index in [0.717, 1.165) is 37.1 Å². The Morgan fingerprint density at radius 3 is 2.57 bits per heavy atom. The van der Waals surface area contributed by atoms with Gasteiger partial charge in [-0.1, -0.05) is 6.07 Å². The predicted molar refractivity (Wildman–Crippen MR) is 110 cm³/mol. The fourth-order valence-electron chi connectivity index (χ4n) is 3.27. The highest BCUT2D eigenvalue weighted by molar-refractivity contribution is 7.12. The second kappa shape index (κ2) is 8.73. The first-order valence-corrected chi connectivity index (χ1v) is 10.5. The molecule has 2 aromatic heterocycles. The summed E-state index contributed by atoms with van der Waals surface area (Å²) in [5.74, 6) is 0.441. The molecule has 0 atom stereocenters. The number of nitrogens with zero attached hydrogens (tertiary/aromatic N) is 1. The van der Waals surface area contributed by atoms with E-state index >= 15 is 0 Å². The van der Waals surface area contributed by atoms with Crippen LogP contribution in [-0.4, -0.2) is 34.5 Å². The summed E-state index contributed by atoms with van der Waals surface area (Å²) in [5.41, 5.74) is -0.0810. The van der Waals surface area contributed by atoms with Crippen molar-refractivity contribution in [1.29, 1.82) is 0 Å². The van der Waals surface area contributed by atoms with Crippen molar-refractivity contribution in [3.05, 3.63) is 46.4 Å². The minimum Gasteiger partial charge on any atom is -0.489 e. The molecule has 3 rings (SSSR count). The Hall–Kier alpha value is -2.41. The van der Waals surface area contributed by atoms with E-state index in [-0.39, 0.29) is 24.0 Å². The Balaban J connectivity index is 1.47. The van der Waals surface area contributed by atoms with Crippen LogP contribution in [0, 0.1) is 6.92 Å². The van der Waals surface area contributed by atoms with Gasteiger partial charge in [0.05, 0.1) is 16.7 Å². The molecule has 150 valence electrons. The van der Waals surface area contributed by atoms with Crippen molar-refractivity contribution < 1.29 is 14.3 Å². The molecule has 1 aliphatic rings. The van der Waals surface area contributed by atoms with Gasteiger partial charge in [0, 0.05) is 12.2 Å². The van der Waals surface area contributed by atoms with E-state index in [0.29, 0.717) is 4.88 Å². The summed E-state index contributed by atoms with van der Waals surface area (Å²) in [6, 6.07) is 7.48. The van der Waals surface area contributed by atoms with Crippen LogP contribution in [-0.2, 0) is 4.79 Å². The average molecular weight is 402 g/mol. The fourth-order valence-corrected chi connectivity index (χ4v) is 3.89. The van der Waals surface area contributed by atoms with Gasteiger partial charge in [-0.25, -0.2) is 0 Å². The number of amides is 2. The van der Waals surface area contributed by atoms with E-state index < -0.39 is 5.54 Å². The SMILES string of the molecule is Cc1ncccc1OC1CCC(NC(=O)C(C)(C)NC(=O)c2cccs2)CC1. The lowest BCUT2D eigenvalue weighted by Crippen LogP contribution is -2.57. The van der Waals surface area contributed by atoms with Crippen LogP contribution in [0.25, 0.3) is 0 Å². The fraction of sp³-hybridized carbons (Fsp3) is 0.476. The molecule has 0 aliphatic heterocycles. The summed E-state index contributed by atoms with van der Waals surface area (Å²) in [4.78, 5) is 29.8. The van der Waals surface area contributed by atoms with Crippen molar-refractivity contribution in [3.8, 4) is 5.75 Å². The second-order valence-corrected chi connectivity index (χ2v) is 8.66. The maximum Gasteiger partial charge on any atom is 0.262 e. The van der Waals surface area contributed by atoms with Crippen LogP contribution in [0.3, 0.4) is 0 Å². The zero-order valence-corrected chi connectivity index (χ0v) is 17.3. The first-order chi connectivity index (χ1) is 13.3. The first kappa shape index (κ1) is 20.3. The van der Waals surface area contributed by atoms with Gasteiger partial charge < -0.3 is 15.4 Å². The average Bonchev–Trinajstić information content (AvgIpc) is 3.20. The molecule has 2 heterocycles. The highest BCUT2D eigenvalue weighted by Gasteiger charge is 2.33. The van der Waals surface area contributed by atoms with Crippen LogP contribution in [0.2, 0.25) is 0 Å². The van der Waals surface area contributed by atoms with Crippen molar-refractivity contribution in [1.82, 2.24) is 15.6 Å². The molecule has 0 radical (unpaired) electrons. The van der Waals surface area contributed by atoms with E-state index in [1.165, 1.54) is 11.3 Å². The van der Waals surface area contributed by atoms with Gasteiger partial charge >= 0.3 is 0 Å². The Kier molecular flexibility index (Phi) is 6.34. The van der Waals surface area contributed by atoms with E-state index in [2.05, 4.69) is 15.6 Å². The highest BCUT2D eigenvalue weighted by atomic mass is 32.1. The maximum atomic E-state index is 12.7. The number of rotatable bonds is 6. The molecule has 2 aromatic rings. The quantitative estimate of drug-likeness (QED) is 0.777. The normalized spacial score (nSPS) is 19.7. The summed E-state index contributed by atoms with van der Waals surface area (Å²) in [6.07, 6.45) is 5.36. The number of nitrogens with one attached hydrogen (secondary N) is 2. The van der Waals surface area contributed by atoms with Crippen LogP contribution in [0.1, 0.15) is 54.9 Å². The molecule has 1 saturated carbocycles. The molecule has 2 N–H and O–H groups in total. The molecule has 0 spiro atoms. The molecule has 6 nitrogen and oxygen atoms in total. The van der Waals surface area contributed by atoms with Crippen molar-refractivity contribution >= 4 is 23.2 Å². The standard InChI is InChI=1S/C21H27N3O3S/c1-14-17(6-4-12-22-14)27-16-10-8-15(9-11-16)23-20(26)21(2,3)24-19(25)18-7-5-13-28-18/h4-7,12-13,15-16H,8-11H2,1-3H3,(H,23,26)(H,24,25). The molecule has 1 aliphatic carbocycles. The van der Waals surface area contributed by atoms with Crippen LogP contribution >= 0.6 is 11.3 Å². The second-order valence-electron chi connectivity index (χ2n) is 7.71. The molecular formula is C21H27N3O3S. The number of aryl methyl sites for hydroxylation is 1. The van der Waals surface area contributed by atoms with Crippen LogP contribution < -0.4 is 15.4 Å². The zero-order valence-electron chi connectivity index (χ0n) is 16.5. The lowest BCUT2D eigenvalue weighted by atomic mass is 9.92. The smallest absolute Gasteiger partial charge is 0.262 e. The summed E-state index contributed by atoms with van der Waals surface area (Å²) >= 11 is 1.36. The lowest BCUT2D eigenvalue weighted by Gasteiger charge is -2.32. The molecule has 0 aromatic carbocycles. The van der Waals surface area contributed by atoms with Gasteiger partial charge in [-0.05, 0) is 70.0 Å². The minimum atomic E-state index is -0.971. The van der Waals surface area contributed by atoms with Gasteiger partial charge in [0.1, 0.15) is 11.3 Å². The molecule has 28 heavy (non-hydrogen) atoms. The van der Waals surface area contributed by atoms with E-state index in [4.69, 9.17) is 4.74 Å². The number of carbonyl (C=O) groups excluding carboxylic acids is 2. The van der Waals surface area contributed by atoms with Crippen molar-refractivity contribution in [2.45, 2.75) is 64.1 Å². The van der Waals surface area contributed by atoms with Gasteiger partial charge in [0.25, 0.3) is 5.91 Å². The minimum absolute atomic E-state index is 0.0975. The first-order valence-electron chi connectivity index (χ1n) is 9.60. The van der Waals surface area contributed by atoms with Crippen molar-refractivity contribution in [2.75, 3.05) is 0 Å². The number of pyridine rings is 1. The third-order valence-corrected chi connectivity index (χ3v) is 5.87. The Morgan fingerprint density at radius 1 is 1.18 bits per heavy atom. The highest BCUT2D eigenvalue weighted by Crippen LogP contribution is 2.25. The molecule has 0 bridgehead atoms. The Bertz CT molecular complexity index is 812. The number of thiophene rings is 1. The predicted octanol–water partition coefficient (Wildman–Crippen LogP) is 3.47. The monoisotopic (exact) mass is 401 g/mol. The molecule has 2 amide bonds. The van der Waals surface area contributed by atoms with Gasteiger partial charge in [-0.2, -0.15) is 0 Å². The van der Waals surface area contributed by atoms with Crippen LogP contribution in [0.4, 0.5) is 0 Å². The number of ether oxygens (including phenoxy) is 1. The molecule has 0 saturated heterocycles. The summed E-state index contributed by atoms with van der Waals surface area (Å²) < 4.78 is 6.07. The van der Waals surface area contributed by atoms with Crippen molar-refractivity contribution in [2.24, 2.45) is 0 Å². The van der Waals surface area contributed by atoms with Gasteiger partial charge in [0.15, 0.2) is 0 Å². The third-order valence-electron chi connectivity index (χ3n) is 5.00.